The standard InChI is InChI=1S/C15H26N2O2/c1-11-2-5-14(19-11)15(18)17-8-6-13(7-9-17)16-10-12-3-4-12/h11-14,16H,2-10H2,1H3. The Morgan fingerprint density at radius 1 is 1.16 bits per heavy atom. The summed E-state index contributed by atoms with van der Waals surface area (Å²) in [5, 5.41) is 3.65. The molecular weight excluding hydrogens is 240 g/mol. The molecule has 3 aliphatic rings. The van der Waals surface area contributed by atoms with Crippen LogP contribution in [0.2, 0.25) is 0 Å². The van der Waals surface area contributed by atoms with Crippen LogP contribution in [0.3, 0.4) is 0 Å². The Balaban J connectivity index is 1.40. The van der Waals surface area contributed by atoms with Crippen molar-refractivity contribution in [2.45, 2.75) is 63.7 Å². The minimum Gasteiger partial charge on any atom is -0.365 e. The van der Waals surface area contributed by atoms with Crippen molar-refractivity contribution in [3.05, 3.63) is 0 Å². The Bertz CT molecular complexity index is 322. The smallest absolute Gasteiger partial charge is 0.251 e. The summed E-state index contributed by atoms with van der Waals surface area (Å²) in [7, 11) is 0. The second-order valence-electron chi connectivity index (χ2n) is 6.46. The molecule has 4 heteroatoms. The van der Waals surface area contributed by atoms with E-state index < -0.39 is 0 Å². The molecule has 0 aromatic rings. The minimum absolute atomic E-state index is 0.161. The lowest BCUT2D eigenvalue weighted by Gasteiger charge is -2.33. The Kier molecular flexibility index (Phi) is 4.08. The predicted octanol–water partition coefficient (Wildman–Crippen LogP) is 1.54. The lowest BCUT2D eigenvalue weighted by Crippen LogP contribution is -2.48. The van der Waals surface area contributed by atoms with Crippen molar-refractivity contribution in [2.75, 3.05) is 19.6 Å². The van der Waals surface area contributed by atoms with Crippen LogP contribution in [0.5, 0.6) is 0 Å². The summed E-state index contributed by atoms with van der Waals surface area (Å²) in [6.07, 6.45) is 7.03. The van der Waals surface area contributed by atoms with Gasteiger partial charge in [0.15, 0.2) is 0 Å². The molecule has 4 nitrogen and oxygen atoms in total. The number of hydrogen-bond donors (Lipinski definition) is 1. The quantitative estimate of drug-likeness (QED) is 0.839. The Morgan fingerprint density at radius 3 is 2.47 bits per heavy atom. The first-order chi connectivity index (χ1) is 9.22. The van der Waals surface area contributed by atoms with Crippen LogP contribution >= 0.6 is 0 Å². The van der Waals surface area contributed by atoms with Gasteiger partial charge < -0.3 is 15.0 Å². The zero-order valence-electron chi connectivity index (χ0n) is 11.9. The average molecular weight is 266 g/mol. The van der Waals surface area contributed by atoms with E-state index in [2.05, 4.69) is 12.2 Å². The summed E-state index contributed by atoms with van der Waals surface area (Å²) in [6.45, 7) is 5.04. The molecule has 1 aliphatic carbocycles. The molecule has 0 aromatic carbocycles. The van der Waals surface area contributed by atoms with Crippen molar-refractivity contribution in [1.82, 2.24) is 10.2 Å². The molecule has 1 saturated carbocycles. The first kappa shape index (κ1) is 13.4. The van der Waals surface area contributed by atoms with E-state index in [-0.39, 0.29) is 18.1 Å². The fourth-order valence-corrected chi connectivity index (χ4v) is 3.15. The normalized spacial score (nSPS) is 32.8. The van der Waals surface area contributed by atoms with Crippen LogP contribution in [0.1, 0.15) is 45.4 Å². The number of amides is 1. The zero-order valence-corrected chi connectivity index (χ0v) is 11.9. The van der Waals surface area contributed by atoms with Crippen molar-refractivity contribution in [3.8, 4) is 0 Å². The van der Waals surface area contributed by atoms with Gasteiger partial charge in [-0.1, -0.05) is 0 Å². The Hall–Kier alpha value is -0.610. The molecular formula is C15H26N2O2. The third-order valence-electron chi connectivity index (χ3n) is 4.71. The molecule has 0 aromatic heterocycles. The van der Waals surface area contributed by atoms with Gasteiger partial charge in [-0.25, -0.2) is 0 Å². The SMILES string of the molecule is CC1CCC(C(=O)N2CCC(NCC3CC3)CC2)O1. The largest absolute Gasteiger partial charge is 0.365 e. The first-order valence-corrected chi connectivity index (χ1v) is 7.90. The summed E-state index contributed by atoms with van der Waals surface area (Å²) < 4.78 is 5.68. The maximum Gasteiger partial charge on any atom is 0.251 e. The lowest BCUT2D eigenvalue weighted by atomic mass is 10.0. The van der Waals surface area contributed by atoms with Crippen molar-refractivity contribution >= 4 is 5.91 Å². The van der Waals surface area contributed by atoms with Crippen molar-refractivity contribution in [1.29, 1.82) is 0 Å². The molecule has 2 atom stereocenters. The highest BCUT2D eigenvalue weighted by atomic mass is 16.5. The van der Waals surface area contributed by atoms with E-state index in [1.807, 2.05) is 4.90 Å². The monoisotopic (exact) mass is 266 g/mol. The molecule has 3 rings (SSSR count). The molecule has 0 bridgehead atoms. The predicted molar refractivity (Wildman–Crippen MR) is 73.9 cm³/mol. The number of carbonyl (C=O) groups excluding carboxylic acids is 1. The lowest BCUT2D eigenvalue weighted by molar-refractivity contribution is -0.143. The van der Waals surface area contributed by atoms with E-state index in [1.165, 1.54) is 19.4 Å². The van der Waals surface area contributed by atoms with Gasteiger partial charge in [-0.3, -0.25) is 4.79 Å². The topological polar surface area (TPSA) is 41.6 Å². The van der Waals surface area contributed by atoms with Gasteiger partial charge >= 0.3 is 0 Å². The highest BCUT2D eigenvalue weighted by Gasteiger charge is 2.33. The summed E-state index contributed by atoms with van der Waals surface area (Å²) in [5.41, 5.74) is 0. The van der Waals surface area contributed by atoms with Gasteiger partial charge in [0.25, 0.3) is 5.91 Å². The number of piperidine rings is 1. The van der Waals surface area contributed by atoms with Crippen LogP contribution < -0.4 is 5.32 Å². The summed E-state index contributed by atoms with van der Waals surface area (Å²) >= 11 is 0. The van der Waals surface area contributed by atoms with E-state index >= 15 is 0 Å². The number of carbonyl (C=O) groups is 1. The fraction of sp³-hybridized carbons (Fsp3) is 0.933. The van der Waals surface area contributed by atoms with Gasteiger partial charge in [-0.05, 0) is 57.9 Å². The molecule has 0 radical (unpaired) electrons. The number of nitrogens with one attached hydrogen (secondary N) is 1. The molecule has 2 aliphatic heterocycles. The molecule has 0 spiro atoms. The maximum absolute atomic E-state index is 12.3. The minimum atomic E-state index is -0.161. The Morgan fingerprint density at radius 2 is 1.89 bits per heavy atom. The van der Waals surface area contributed by atoms with E-state index in [0.717, 1.165) is 44.7 Å². The molecule has 2 heterocycles. The zero-order chi connectivity index (χ0) is 13.2. The maximum atomic E-state index is 12.3. The summed E-state index contributed by atoms with van der Waals surface area (Å²) in [5.74, 6) is 1.16. The van der Waals surface area contributed by atoms with Crippen LogP contribution in [-0.4, -0.2) is 48.7 Å². The number of ether oxygens (including phenoxy) is 1. The van der Waals surface area contributed by atoms with Gasteiger partial charge in [0, 0.05) is 19.1 Å². The molecule has 19 heavy (non-hydrogen) atoms. The number of rotatable bonds is 4. The molecule has 108 valence electrons. The third kappa shape index (κ3) is 3.48. The Labute approximate surface area is 115 Å². The molecule has 1 amide bonds. The molecule has 2 saturated heterocycles. The van der Waals surface area contributed by atoms with Crippen molar-refractivity contribution in [3.63, 3.8) is 0 Å². The van der Waals surface area contributed by atoms with Gasteiger partial charge in [-0.15, -0.1) is 0 Å². The second-order valence-corrected chi connectivity index (χ2v) is 6.46. The van der Waals surface area contributed by atoms with Crippen LogP contribution in [0.4, 0.5) is 0 Å². The average Bonchev–Trinajstić information content (AvgIpc) is 3.17. The number of nitrogens with zero attached hydrogens (tertiary/aromatic N) is 1. The third-order valence-corrected chi connectivity index (χ3v) is 4.71. The number of hydrogen-bond acceptors (Lipinski definition) is 3. The first-order valence-electron chi connectivity index (χ1n) is 7.90. The van der Waals surface area contributed by atoms with Crippen LogP contribution in [0.15, 0.2) is 0 Å². The van der Waals surface area contributed by atoms with Gasteiger partial charge in [0.05, 0.1) is 6.10 Å². The van der Waals surface area contributed by atoms with E-state index in [0.29, 0.717) is 6.04 Å². The second kappa shape index (κ2) is 5.80. The summed E-state index contributed by atoms with van der Waals surface area (Å²) in [4.78, 5) is 14.3. The highest BCUT2D eigenvalue weighted by Crippen LogP contribution is 2.28. The summed E-state index contributed by atoms with van der Waals surface area (Å²) in [6, 6.07) is 0.619. The van der Waals surface area contributed by atoms with Gasteiger partial charge in [0.2, 0.25) is 0 Å². The van der Waals surface area contributed by atoms with E-state index in [1.54, 1.807) is 0 Å². The van der Waals surface area contributed by atoms with Gasteiger partial charge in [0.1, 0.15) is 6.10 Å². The van der Waals surface area contributed by atoms with Crippen molar-refractivity contribution < 1.29 is 9.53 Å². The van der Waals surface area contributed by atoms with Crippen molar-refractivity contribution in [2.24, 2.45) is 5.92 Å². The van der Waals surface area contributed by atoms with Crippen LogP contribution in [0, 0.1) is 5.92 Å². The molecule has 1 N–H and O–H groups in total. The number of likely N-dealkylation sites (tertiary alicyclic amines) is 1. The van der Waals surface area contributed by atoms with E-state index in [4.69, 9.17) is 4.74 Å². The highest BCUT2D eigenvalue weighted by molar-refractivity contribution is 5.81. The van der Waals surface area contributed by atoms with Crippen LogP contribution in [0.25, 0.3) is 0 Å². The van der Waals surface area contributed by atoms with E-state index in [9.17, 15) is 4.79 Å². The fourth-order valence-electron chi connectivity index (χ4n) is 3.15. The molecule has 2 unspecified atom stereocenters. The van der Waals surface area contributed by atoms with Crippen LogP contribution in [-0.2, 0) is 9.53 Å². The molecule has 3 fully saturated rings. The van der Waals surface area contributed by atoms with Gasteiger partial charge in [-0.2, -0.15) is 0 Å².